The van der Waals surface area contributed by atoms with E-state index in [4.69, 9.17) is 4.74 Å². The van der Waals surface area contributed by atoms with Gasteiger partial charge in [0, 0.05) is 17.7 Å². The molecule has 2 aliphatic heterocycles. The zero-order valence-corrected chi connectivity index (χ0v) is 18.7. The molecule has 4 atom stereocenters. The molecule has 11 heteroatoms. The summed E-state index contributed by atoms with van der Waals surface area (Å²) in [7, 11) is 0. The fraction of sp³-hybridized carbons (Fsp3) is 0.261. The van der Waals surface area contributed by atoms with Gasteiger partial charge >= 0.3 is 5.97 Å². The highest BCUT2D eigenvalue weighted by molar-refractivity contribution is 7.92. The number of amides is 2. The summed E-state index contributed by atoms with van der Waals surface area (Å²) in [6.45, 7) is 3.64. The standard InChI is InChI=1S/C23H21N3O7S/c1-14-13-34(32)22-19(24-18(27)11-15-5-3-2-4-6-15)21(28)25(22)20(14)23(29)33-12-16-7-9-17(10-8-16)26(30)31/h2-10,19-20,22H,1,11-13H2,(H,24,27)/t19?,20?,22-,34?/m0/s1. The Hall–Kier alpha value is -3.70. The zero-order valence-electron chi connectivity index (χ0n) is 17.9. The van der Waals surface area contributed by atoms with Crippen LogP contribution in [0.4, 0.5) is 5.69 Å². The van der Waals surface area contributed by atoms with Gasteiger partial charge in [-0.2, -0.15) is 0 Å². The number of ether oxygens (including phenoxy) is 1. The number of nitrogens with one attached hydrogen (secondary N) is 1. The van der Waals surface area contributed by atoms with Crippen molar-refractivity contribution < 1.29 is 28.6 Å². The molecule has 2 heterocycles. The van der Waals surface area contributed by atoms with E-state index >= 15 is 0 Å². The molecule has 2 aliphatic rings. The van der Waals surface area contributed by atoms with E-state index in [-0.39, 0.29) is 35.9 Å². The molecule has 0 radical (unpaired) electrons. The van der Waals surface area contributed by atoms with Crippen LogP contribution in [0.3, 0.4) is 0 Å². The van der Waals surface area contributed by atoms with Crippen molar-refractivity contribution in [3.8, 4) is 0 Å². The van der Waals surface area contributed by atoms with Gasteiger partial charge in [0.05, 0.1) is 11.3 Å². The van der Waals surface area contributed by atoms with Crippen molar-refractivity contribution >= 4 is 34.6 Å². The van der Waals surface area contributed by atoms with Gasteiger partial charge < -0.3 is 14.6 Å². The molecule has 0 bridgehead atoms. The van der Waals surface area contributed by atoms with Crippen molar-refractivity contribution in [3.05, 3.63) is 88.0 Å². The molecular weight excluding hydrogens is 462 g/mol. The second-order valence-electron chi connectivity index (χ2n) is 7.96. The highest BCUT2D eigenvalue weighted by atomic mass is 32.2. The molecule has 0 aliphatic carbocycles. The Morgan fingerprint density at radius 1 is 1.15 bits per heavy atom. The van der Waals surface area contributed by atoms with Gasteiger partial charge in [-0.25, -0.2) is 4.79 Å². The van der Waals surface area contributed by atoms with E-state index in [1.54, 1.807) is 24.3 Å². The average molecular weight is 484 g/mol. The van der Waals surface area contributed by atoms with Crippen LogP contribution < -0.4 is 5.32 Å². The maximum Gasteiger partial charge on any atom is 0.333 e. The number of carbonyl (C=O) groups excluding carboxylic acids is 3. The Balaban J connectivity index is 1.39. The fourth-order valence-electron chi connectivity index (χ4n) is 3.95. The molecule has 1 N–H and O–H groups in total. The van der Waals surface area contributed by atoms with Crippen molar-refractivity contribution in [1.82, 2.24) is 10.2 Å². The van der Waals surface area contributed by atoms with E-state index in [1.807, 2.05) is 6.07 Å². The molecule has 0 aromatic heterocycles. The molecule has 10 nitrogen and oxygen atoms in total. The van der Waals surface area contributed by atoms with E-state index in [2.05, 4.69) is 11.9 Å². The van der Waals surface area contributed by atoms with Crippen LogP contribution in [0.15, 0.2) is 66.7 Å². The second-order valence-corrected chi connectivity index (χ2v) is 9.49. The summed E-state index contributed by atoms with van der Waals surface area (Å²) in [6.07, 6.45) is 0.0669. The molecule has 34 heavy (non-hydrogen) atoms. The maximum absolute atomic E-state index is 12.8. The summed E-state index contributed by atoms with van der Waals surface area (Å²) in [4.78, 5) is 49.4. The van der Waals surface area contributed by atoms with Gasteiger partial charge in [-0.05, 0) is 34.4 Å². The number of β-lactam (4-membered cyclic amide) rings is 1. The first kappa shape index (κ1) is 23.5. The normalized spacial score (nSPS) is 23.5. The Morgan fingerprint density at radius 2 is 1.82 bits per heavy atom. The van der Waals surface area contributed by atoms with E-state index in [1.165, 1.54) is 24.3 Å². The summed E-state index contributed by atoms with van der Waals surface area (Å²) in [5, 5.41) is 12.5. The van der Waals surface area contributed by atoms with Crippen LogP contribution in [-0.2, 0) is 43.3 Å². The lowest BCUT2D eigenvalue weighted by atomic mass is 9.98. The predicted molar refractivity (Wildman–Crippen MR) is 122 cm³/mol. The SMILES string of the molecule is C=C1C[S+]([O-])[C@H]2C(NC(=O)Cc3ccccc3)C(=O)N2C1C(=O)OCc1ccc([N+](=O)[O-])cc1. The number of carbonyl (C=O) groups is 3. The first-order valence-electron chi connectivity index (χ1n) is 10.4. The minimum atomic E-state index is -1.54. The fourth-order valence-corrected chi connectivity index (χ4v) is 5.61. The smallest absolute Gasteiger partial charge is 0.333 e. The highest BCUT2D eigenvalue weighted by Crippen LogP contribution is 2.36. The van der Waals surface area contributed by atoms with Crippen molar-refractivity contribution in [3.63, 3.8) is 0 Å². The van der Waals surface area contributed by atoms with Gasteiger partial charge in [-0.1, -0.05) is 36.9 Å². The summed E-state index contributed by atoms with van der Waals surface area (Å²) in [5.41, 5.74) is 1.49. The van der Waals surface area contributed by atoms with E-state index in [0.717, 1.165) is 10.5 Å². The van der Waals surface area contributed by atoms with Gasteiger partial charge in [0.25, 0.3) is 11.6 Å². The van der Waals surface area contributed by atoms with Gasteiger partial charge in [0.2, 0.25) is 11.3 Å². The zero-order chi connectivity index (χ0) is 24.4. The van der Waals surface area contributed by atoms with Crippen LogP contribution in [0.2, 0.25) is 0 Å². The number of esters is 1. The molecule has 0 spiro atoms. The monoisotopic (exact) mass is 483 g/mol. The van der Waals surface area contributed by atoms with Crippen LogP contribution in [0.5, 0.6) is 0 Å². The van der Waals surface area contributed by atoms with Crippen LogP contribution in [0.1, 0.15) is 11.1 Å². The molecule has 176 valence electrons. The lowest BCUT2D eigenvalue weighted by molar-refractivity contribution is -0.384. The molecular formula is C23H21N3O7S. The number of non-ortho nitro benzene ring substituents is 1. The van der Waals surface area contributed by atoms with Crippen LogP contribution in [0.25, 0.3) is 0 Å². The van der Waals surface area contributed by atoms with E-state index < -0.39 is 45.4 Å². The van der Waals surface area contributed by atoms with Crippen LogP contribution >= 0.6 is 0 Å². The number of nitro groups is 1. The highest BCUT2D eigenvalue weighted by Gasteiger charge is 2.63. The predicted octanol–water partition coefficient (Wildman–Crippen LogP) is 1.22. The van der Waals surface area contributed by atoms with Crippen molar-refractivity contribution in [2.24, 2.45) is 0 Å². The van der Waals surface area contributed by atoms with Crippen LogP contribution in [0, 0.1) is 10.1 Å². The molecule has 0 saturated carbocycles. The minimum absolute atomic E-state index is 0.00317. The largest absolute Gasteiger partial charge is 0.614 e. The topological polar surface area (TPSA) is 142 Å². The van der Waals surface area contributed by atoms with Crippen molar-refractivity contribution in [1.29, 1.82) is 0 Å². The number of nitro benzene ring substituents is 1. The Kier molecular flexibility index (Phi) is 6.66. The summed E-state index contributed by atoms with van der Waals surface area (Å²) < 4.78 is 18.0. The van der Waals surface area contributed by atoms with Gasteiger partial charge in [0.1, 0.15) is 12.4 Å². The minimum Gasteiger partial charge on any atom is -0.614 e. The number of rotatable bonds is 7. The van der Waals surface area contributed by atoms with Gasteiger partial charge in [-0.15, -0.1) is 0 Å². The number of hydrogen-bond acceptors (Lipinski definition) is 7. The Labute approximate surface area is 197 Å². The maximum atomic E-state index is 12.8. The summed E-state index contributed by atoms with van der Waals surface area (Å²) >= 11 is -1.54. The number of nitrogens with zero attached hydrogens (tertiary/aromatic N) is 2. The summed E-state index contributed by atoms with van der Waals surface area (Å²) in [5.74, 6) is -1.66. The lowest BCUT2D eigenvalue weighted by Gasteiger charge is -2.52. The molecule has 2 fully saturated rings. The third kappa shape index (κ3) is 4.66. The van der Waals surface area contributed by atoms with Crippen molar-refractivity contribution in [2.45, 2.75) is 30.5 Å². The number of benzene rings is 2. The van der Waals surface area contributed by atoms with E-state index in [9.17, 15) is 29.1 Å². The third-order valence-corrected chi connectivity index (χ3v) is 7.31. The van der Waals surface area contributed by atoms with Gasteiger partial charge in [0.15, 0.2) is 12.1 Å². The quantitative estimate of drug-likeness (QED) is 0.156. The molecule has 2 aromatic rings. The average Bonchev–Trinajstić information content (AvgIpc) is 2.81. The Morgan fingerprint density at radius 3 is 2.47 bits per heavy atom. The van der Waals surface area contributed by atoms with Crippen molar-refractivity contribution in [2.75, 3.05) is 5.75 Å². The first-order chi connectivity index (χ1) is 16.3. The van der Waals surface area contributed by atoms with Gasteiger partial charge in [-0.3, -0.25) is 24.6 Å². The lowest BCUT2D eigenvalue weighted by Crippen LogP contribution is -2.78. The molecule has 3 unspecified atom stereocenters. The van der Waals surface area contributed by atoms with E-state index in [0.29, 0.717) is 5.56 Å². The molecule has 2 amide bonds. The third-order valence-electron chi connectivity index (χ3n) is 5.62. The number of hydrogen-bond donors (Lipinski definition) is 1. The van der Waals surface area contributed by atoms with Crippen LogP contribution in [-0.4, -0.2) is 55.4 Å². The number of fused-ring (bicyclic) bond motifs is 1. The molecule has 2 saturated heterocycles. The molecule has 2 aromatic carbocycles. The first-order valence-corrected chi connectivity index (χ1v) is 11.7. The Bertz CT molecular complexity index is 1140. The molecule has 4 rings (SSSR count). The summed E-state index contributed by atoms with van der Waals surface area (Å²) in [6, 6.07) is 12.4. The second kappa shape index (κ2) is 9.65.